The van der Waals surface area contributed by atoms with Crippen molar-refractivity contribution in [3.05, 3.63) is 29.6 Å². The molecule has 0 bridgehead atoms. The van der Waals surface area contributed by atoms with E-state index in [1.165, 1.54) is 6.07 Å². The molecule has 1 aliphatic carbocycles. The molecule has 1 aromatic rings. The van der Waals surface area contributed by atoms with E-state index in [1.54, 1.807) is 6.92 Å². The SMILES string of the molecule is CCNS(=O)(=O)c1cc(C(=O)C2CC2)ccc1F. The Morgan fingerprint density at radius 2 is 2.11 bits per heavy atom. The van der Waals surface area contributed by atoms with Crippen LogP contribution in [-0.2, 0) is 10.0 Å². The van der Waals surface area contributed by atoms with Gasteiger partial charge in [0.2, 0.25) is 10.0 Å². The number of nitrogens with one attached hydrogen (secondary N) is 1. The van der Waals surface area contributed by atoms with Gasteiger partial charge in [-0.1, -0.05) is 6.92 Å². The van der Waals surface area contributed by atoms with E-state index >= 15 is 0 Å². The van der Waals surface area contributed by atoms with Crippen molar-refractivity contribution >= 4 is 15.8 Å². The summed E-state index contributed by atoms with van der Waals surface area (Å²) in [5, 5.41) is 0. The summed E-state index contributed by atoms with van der Waals surface area (Å²) in [6, 6.07) is 3.48. The molecule has 0 radical (unpaired) electrons. The third-order valence-electron chi connectivity index (χ3n) is 2.79. The van der Waals surface area contributed by atoms with E-state index in [4.69, 9.17) is 0 Å². The highest BCUT2D eigenvalue weighted by Crippen LogP contribution is 2.33. The van der Waals surface area contributed by atoms with Crippen LogP contribution in [0.5, 0.6) is 0 Å². The zero-order valence-electron chi connectivity index (χ0n) is 9.94. The lowest BCUT2D eigenvalue weighted by atomic mass is 10.1. The van der Waals surface area contributed by atoms with Crippen LogP contribution in [0.3, 0.4) is 0 Å². The van der Waals surface area contributed by atoms with Crippen LogP contribution < -0.4 is 4.72 Å². The fraction of sp³-hybridized carbons (Fsp3) is 0.417. The van der Waals surface area contributed by atoms with E-state index in [0.717, 1.165) is 25.0 Å². The zero-order valence-corrected chi connectivity index (χ0v) is 10.8. The molecule has 0 aromatic heterocycles. The van der Waals surface area contributed by atoms with Gasteiger partial charge in [-0.05, 0) is 31.0 Å². The second-order valence-electron chi connectivity index (χ2n) is 4.29. The maximum atomic E-state index is 13.5. The number of rotatable bonds is 5. The van der Waals surface area contributed by atoms with Gasteiger partial charge < -0.3 is 0 Å². The highest BCUT2D eigenvalue weighted by Gasteiger charge is 2.31. The molecule has 0 atom stereocenters. The molecule has 1 N–H and O–H groups in total. The van der Waals surface area contributed by atoms with E-state index in [0.29, 0.717) is 0 Å². The summed E-state index contributed by atoms with van der Waals surface area (Å²) in [7, 11) is -3.88. The van der Waals surface area contributed by atoms with Gasteiger partial charge in [-0.3, -0.25) is 4.79 Å². The Kier molecular flexibility index (Phi) is 3.49. The molecule has 0 unspecified atom stereocenters. The summed E-state index contributed by atoms with van der Waals surface area (Å²) >= 11 is 0. The number of sulfonamides is 1. The molecule has 6 heteroatoms. The molecule has 1 aromatic carbocycles. The van der Waals surface area contributed by atoms with Crippen LogP contribution in [0.15, 0.2) is 23.1 Å². The second-order valence-corrected chi connectivity index (χ2v) is 6.02. The number of carbonyl (C=O) groups excluding carboxylic acids is 1. The molecule has 4 nitrogen and oxygen atoms in total. The van der Waals surface area contributed by atoms with Gasteiger partial charge in [0.15, 0.2) is 5.78 Å². The van der Waals surface area contributed by atoms with Gasteiger partial charge in [-0.15, -0.1) is 0 Å². The molecule has 1 saturated carbocycles. The minimum absolute atomic E-state index is 0.0230. The molecule has 0 heterocycles. The standard InChI is InChI=1S/C12H14FNO3S/c1-2-14-18(16,17)11-7-9(5-6-10(11)13)12(15)8-3-4-8/h5-8,14H,2-4H2,1H3. The van der Waals surface area contributed by atoms with Crippen molar-refractivity contribution < 1.29 is 17.6 Å². The smallest absolute Gasteiger partial charge is 0.243 e. The van der Waals surface area contributed by atoms with E-state index in [2.05, 4.69) is 4.72 Å². The molecule has 1 fully saturated rings. The minimum atomic E-state index is -3.88. The predicted octanol–water partition coefficient (Wildman–Crippen LogP) is 1.72. The average Bonchev–Trinajstić information content (AvgIpc) is 3.12. The van der Waals surface area contributed by atoms with Crippen LogP contribution in [0.1, 0.15) is 30.1 Å². The van der Waals surface area contributed by atoms with Crippen molar-refractivity contribution in [2.75, 3.05) is 6.54 Å². The lowest BCUT2D eigenvalue weighted by molar-refractivity contribution is 0.0967. The molecule has 0 aliphatic heterocycles. The number of hydrogen-bond acceptors (Lipinski definition) is 3. The molecule has 1 aliphatic rings. The minimum Gasteiger partial charge on any atom is -0.294 e. The van der Waals surface area contributed by atoms with Gasteiger partial charge in [0.05, 0.1) is 0 Å². The van der Waals surface area contributed by atoms with E-state index in [9.17, 15) is 17.6 Å². The third-order valence-corrected chi connectivity index (χ3v) is 4.35. The van der Waals surface area contributed by atoms with Crippen LogP contribution in [0, 0.1) is 11.7 Å². The predicted molar refractivity (Wildman–Crippen MR) is 64.3 cm³/mol. The Hall–Kier alpha value is -1.27. The van der Waals surface area contributed by atoms with Crippen LogP contribution in [-0.4, -0.2) is 20.7 Å². The lowest BCUT2D eigenvalue weighted by Crippen LogP contribution is -2.24. The molecule has 98 valence electrons. The van der Waals surface area contributed by atoms with E-state index in [-0.39, 0.29) is 23.8 Å². The van der Waals surface area contributed by atoms with Gasteiger partial charge in [-0.2, -0.15) is 0 Å². The topological polar surface area (TPSA) is 63.2 Å². The first-order valence-electron chi connectivity index (χ1n) is 5.79. The van der Waals surface area contributed by atoms with Crippen LogP contribution in [0.2, 0.25) is 0 Å². The Balaban J connectivity index is 2.41. The van der Waals surface area contributed by atoms with Gasteiger partial charge in [0, 0.05) is 18.0 Å². The summed E-state index contributed by atoms with van der Waals surface area (Å²) in [4.78, 5) is 11.4. The number of benzene rings is 1. The highest BCUT2D eigenvalue weighted by atomic mass is 32.2. The number of halogens is 1. The van der Waals surface area contributed by atoms with Crippen molar-refractivity contribution in [1.29, 1.82) is 0 Å². The molecule has 2 rings (SSSR count). The Labute approximate surface area is 105 Å². The monoisotopic (exact) mass is 271 g/mol. The first kappa shape index (κ1) is 13.2. The largest absolute Gasteiger partial charge is 0.294 e. The molecular weight excluding hydrogens is 257 g/mol. The third kappa shape index (κ3) is 2.59. The maximum Gasteiger partial charge on any atom is 0.243 e. The first-order valence-corrected chi connectivity index (χ1v) is 7.27. The number of carbonyl (C=O) groups is 1. The molecule has 0 amide bonds. The van der Waals surface area contributed by atoms with Crippen molar-refractivity contribution in [3.8, 4) is 0 Å². The normalized spacial score (nSPS) is 15.7. The van der Waals surface area contributed by atoms with Crippen molar-refractivity contribution in [3.63, 3.8) is 0 Å². The van der Waals surface area contributed by atoms with E-state index in [1.807, 2.05) is 0 Å². The Morgan fingerprint density at radius 3 is 2.67 bits per heavy atom. The Bertz CT molecular complexity index is 579. The maximum absolute atomic E-state index is 13.5. The second kappa shape index (κ2) is 4.78. The van der Waals surface area contributed by atoms with Crippen molar-refractivity contribution in [2.45, 2.75) is 24.7 Å². The van der Waals surface area contributed by atoms with Gasteiger partial charge in [0.1, 0.15) is 10.7 Å². The Morgan fingerprint density at radius 1 is 1.44 bits per heavy atom. The fourth-order valence-corrected chi connectivity index (χ4v) is 2.85. The van der Waals surface area contributed by atoms with Gasteiger partial charge in [-0.25, -0.2) is 17.5 Å². The molecule has 18 heavy (non-hydrogen) atoms. The molecular formula is C12H14FNO3S. The van der Waals surface area contributed by atoms with Crippen LogP contribution >= 0.6 is 0 Å². The molecule has 0 spiro atoms. The van der Waals surface area contributed by atoms with Gasteiger partial charge >= 0.3 is 0 Å². The van der Waals surface area contributed by atoms with Crippen LogP contribution in [0.25, 0.3) is 0 Å². The summed E-state index contributed by atoms with van der Waals surface area (Å²) in [6.07, 6.45) is 1.65. The van der Waals surface area contributed by atoms with Gasteiger partial charge in [0.25, 0.3) is 0 Å². The summed E-state index contributed by atoms with van der Waals surface area (Å²) in [5.41, 5.74) is 0.260. The fourth-order valence-electron chi connectivity index (χ4n) is 1.71. The first-order chi connectivity index (χ1) is 8.45. The number of ketones is 1. The van der Waals surface area contributed by atoms with E-state index < -0.39 is 20.7 Å². The number of Topliss-reactive ketones (excluding diaryl/α,β-unsaturated/α-hetero) is 1. The lowest BCUT2D eigenvalue weighted by Gasteiger charge is -2.07. The van der Waals surface area contributed by atoms with Crippen LogP contribution in [0.4, 0.5) is 4.39 Å². The average molecular weight is 271 g/mol. The summed E-state index contributed by atoms with van der Waals surface area (Å²) < 4.78 is 39.3. The van der Waals surface area contributed by atoms with Crippen molar-refractivity contribution in [1.82, 2.24) is 4.72 Å². The zero-order chi connectivity index (χ0) is 13.3. The molecule has 0 saturated heterocycles. The van der Waals surface area contributed by atoms with Crippen molar-refractivity contribution in [2.24, 2.45) is 5.92 Å². The summed E-state index contributed by atoms with van der Waals surface area (Å²) in [6.45, 7) is 1.78. The quantitative estimate of drug-likeness (QED) is 0.829. The summed E-state index contributed by atoms with van der Waals surface area (Å²) in [5.74, 6) is -0.976. The number of hydrogen-bond donors (Lipinski definition) is 1. The highest BCUT2D eigenvalue weighted by molar-refractivity contribution is 7.89.